The third-order valence-electron chi connectivity index (χ3n) is 1.73. The average molecular weight is 219 g/mol. The van der Waals surface area contributed by atoms with Crippen LogP contribution in [0.3, 0.4) is 0 Å². The highest BCUT2D eigenvalue weighted by Gasteiger charge is 2.19. The molecule has 0 bridgehead atoms. The molecule has 0 amide bonds. The zero-order valence-corrected chi connectivity index (χ0v) is 8.35. The van der Waals surface area contributed by atoms with Crippen molar-refractivity contribution in [1.29, 1.82) is 0 Å². The van der Waals surface area contributed by atoms with E-state index in [0.29, 0.717) is 0 Å². The lowest BCUT2D eigenvalue weighted by Gasteiger charge is -2.08. The lowest BCUT2D eigenvalue weighted by atomic mass is 10.1. The largest absolute Gasteiger partial charge is 0.505 e. The second-order valence-electron chi connectivity index (χ2n) is 2.66. The first kappa shape index (κ1) is 10.8. The van der Waals surface area contributed by atoms with Gasteiger partial charge in [-0.25, -0.2) is 4.39 Å². The van der Waals surface area contributed by atoms with E-state index in [1.165, 1.54) is 14.0 Å². The van der Waals surface area contributed by atoms with Gasteiger partial charge in [0.1, 0.15) is 10.8 Å². The van der Waals surface area contributed by atoms with E-state index in [-0.39, 0.29) is 16.3 Å². The molecule has 14 heavy (non-hydrogen) atoms. The molecule has 0 saturated heterocycles. The molecule has 0 aliphatic rings. The van der Waals surface area contributed by atoms with Crippen molar-refractivity contribution >= 4 is 17.4 Å². The summed E-state index contributed by atoms with van der Waals surface area (Å²) in [5.41, 5.74) is -0.159. The molecule has 0 fully saturated rings. The molecule has 0 aliphatic carbocycles. The van der Waals surface area contributed by atoms with Crippen LogP contribution in [0, 0.1) is 5.82 Å². The van der Waals surface area contributed by atoms with Gasteiger partial charge in [0, 0.05) is 0 Å². The number of hydrogen-bond donors (Lipinski definition) is 1. The summed E-state index contributed by atoms with van der Waals surface area (Å²) in [7, 11) is 1.22. The first-order chi connectivity index (χ1) is 6.49. The van der Waals surface area contributed by atoms with Crippen LogP contribution in [0.5, 0.6) is 11.5 Å². The van der Waals surface area contributed by atoms with Crippen molar-refractivity contribution < 1.29 is 19.0 Å². The molecule has 1 aromatic rings. The van der Waals surface area contributed by atoms with Crippen LogP contribution in [0.15, 0.2) is 6.07 Å². The molecule has 0 unspecified atom stereocenters. The standard InChI is InChI=1S/C9H8ClFO3/c1-4(12)5-3-6(11)9(14-2)7(10)8(5)13/h3,13H,1-2H3. The van der Waals surface area contributed by atoms with E-state index < -0.39 is 17.3 Å². The predicted octanol–water partition coefficient (Wildman–Crippen LogP) is 2.40. The van der Waals surface area contributed by atoms with Crippen LogP contribution in [-0.4, -0.2) is 18.0 Å². The number of benzene rings is 1. The van der Waals surface area contributed by atoms with E-state index in [1.807, 2.05) is 0 Å². The summed E-state index contributed by atoms with van der Waals surface area (Å²) in [6.07, 6.45) is 0. The number of ether oxygens (including phenoxy) is 1. The third kappa shape index (κ3) is 1.65. The van der Waals surface area contributed by atoms with Gasteiger partial charge >= 0.3 is 0 Å². The van der Waals surface area contributed by atoms with Crippen molar-refractivity contribution in [1.82, 2.24) is 0 Å². The van der Waals surface area contributed by atoms with Gasteiger partial charge in [-0.1, -0.05) is 11.6 Å². The normalized spacial score (nSPS) is 10.0. The number of halogens is 2. The number of ketones is 1. The lowest BCUT2D eigenvalue weighted by Crippen LogP contribution is -1.98. The highest BCUT2D eigenvalue weighted by molar-refractivity contribution is 6.34. The van der Waals surface area contributed by atoms with E-state index in [2.05, 4.69) is 4.74 Å². The molecular weight excluding hydrogens is 211 g/mol. The molecule has 0 atom stereocenters. The van der Waals surface area contributed by atoms with Gasteiger partial charge in [0.2, 0.25) is 0 Å². The minimum atomic E-state index is -0.777. The molecule has 0 aromatic heterocycles. The fraction of sp³-hybridized carbons (Fsp3) is 0.222. The number of hydrogen-bond acceptors (Lipinski definition) is 3. The smallest absolute Gasteiger partial charge is 0.176 e. The van der Waals surface area contributed by atoms with Crippen molar-refractivity contribution in [3.63, 3.8) is 0 Å². The molecule has 1 N–H and O–H groups in total. The molecule has 0 spiro atoms. The molecule has 5 heteroatoms. The maximum atomic E-state index is 13.2. The summed E-state index contributed by atoms with van der Waals surface area (Å²) < 4.78 is 17.8. The zero-order valence-electron chi connectivity index (χ0n) is 7.60. The average Bonchev–Trinajstić information content (AvgIpc) is 2.12. The van der Waals surface area contributed by atoms with Crippen molar-refractivity contribution in [3.8, 4) is 11.5 Å². The number of Topliss-reactive ketones (excluding diaryl/α,β-unsaturated/α-hetero) is 1. The minimum Gasteiger partial charge on any atom is -0.505 e. The summed E-state index contributed by atoms with van der Waals surface area (Å²) in [6, 6.07) is 0.891. The van der Waals surface area contributed by atoms with Gasteiger partial charge in [-0.15, -0.1) is 0 Å². The van der Waals surface area contributed by atoms with E-state index in [1.54, 1.807) is 0 Å². The Morgan fingerprint density at radius 2 is 2.21 bits per heavy atom. The topological polar surface area (TPSA) is 46.5 Å². The predicted molar refractivity (Wildman–Crippen MR) is 49.6 cm³/mol. The second kappa shape index (κ2) is 3.84. The van der Waals surface area contributed by atoms with Crippen LogP contribution in [0.1, 0.15) is 17.3 Å². The van der Waals surface area contributed by atoms with E-state index in [4.69, 9.17) is 11.6 Å². The zero-order chi connectivity index (χ0) is 10.9. The summed E-state index contributed by atoms with van der Waals surface area (Å²) in [6.45, 7) is 1.21. The Kier molecular flexibility index (Phi) is 2.96. The maximum Gasteiger partial charge on any atom is 0.176 e. The minimum absolute atomic E-state index is 0.159. The molecule has 0 aliphatic heterocycles. The Morgan fingerprint density at radius 1 is 1.64 bits per heavy atom. The highest BCUT2D eigenvalue weighted by Crippen LogP contribution is 2.38. The fourth-order valence-corrected chi connectivity index (χ4v) is 1.32. The molecule has 0 heterocycles. The van der Waals surface area contributed by atoms with Gasteiger partial charge in [-0.2, -0.15) is 0 Å². The number of carbonyl (C=O) groups is 1. The Morgan fingerprint density at radius 3 is 2.64 bits per heavy atom. The second-order valence-corrected chi connectivity index (χ2v) is 3.04. The summed E-state index contributed by atoms with van der Waals surface area (Å²) >= 11 is 5.58. The number of aromatic hydroxyl groups is 1. The van der Waals surface area contributed by atoms with Crippen molar-refractivity contribution in [3.05, 3.63) is 22.5 Å². The SMILES string of the molecule is COc1c(F)cc(C(C)=O)c(O)c1Cl. The summed E-state index contributed by atoms with van der Waals surface area (Å²) in [5, 5.41) is 9.11. The Hall–Kier alpha value is -1.29. The van der Waals surface area contributed by atoms with Gasteiger partial charge in [0.05, 0.1) is 12.7 Å². The number of rotatable bonds is 2. The number of phenols is 1. The van der Waals surface area contributed by atoms with E-state index in [0.717, 1.165) is 6.07 Å². The van der Waals surface area contributed by atoms with Crippen molar-refractivity contribution in [2.45, 2.75) is 6.92 Å². The fourth-order valence-electron chi connectivity index (χ4n) is 1.05. The van der Waals surface area contributed by atoms with Crippen molar-refractivity contribution in [2.75, 3.05) is 7.11 Å². The van der Waals surface area contributed by atoms with Gasteiger partial charge < -0.3 is 9.84 Å². The van der Waals surface area contributed by atoms with Crippen LogP contribution in [0.25, 0.3) is 0 Å². The van der Waals surface area contributed by atoms with Crippen LogP contribution >= 0.6 is 11.6 Å². The van der Waals surface area contributed by atoms with Gasteiger partial charge in [-0.05, 0) is 13.0 Å². The maximum absolute atomic E-state index is 13.2. The molecule has 1 aromatic carbocycles. The van der Waals surface area contributed by atoms with E-state index >= 15 is 0 Å². The first-order valence-corrected chi connectivity index (χ1v) is 4.12. The van der Waals surface area contributed by atoms with Crippen LogP contribution < -0.4 is 4.74 Å². The molecular formula is C9H8ClFO3. The van der Waals surface area contributed by atoms with Gasteiger partial charge in [0.15, 0.2) is 17.3 Å². The van der Waals surface area contributed by atoms with E-state index in [9.17, 15) is 14.3 Å². The van der Waals surface area contributed by atoms with Crippen LogP contribution in [-0.2, 0) is 0 Å². The monoisotopic (exact) mass is 218 g/mol. The summed E-state index contributed by atoms with van der Waals surface area (Å²) in [5.74, 6) is -1.97. The number of carbonyl (C=O) groups excluding carboxylic acids is 1. The molecule has 1 rings (SSSR count). The Bertz CT molecular complexity index is 390. The number of methoxy groups -OCH3 is 1. The quantitative estimate of drug-likeness (QED) is 0.776. The Labute approximate surface area is 85.1 Å². The molecule has 0 radical (unpaired) electrons. The number of phenolic OH excluding ortho intramolecular Hbond substituents is 1. The summed E-state index contributed by atoms with van der Waals surface area (Å²) in [4.78, 5) is 10.9. The van der Waals surface area contributed by atoms with Crippen molar-refractivity contribution in [2.24, 2.45) is 0 Å². The van der Waals surface area contributed by atoms with Gasteiger partial charge in [-0.3, -0.25) is 4.79 Å². The Balaban J connectivity index is 3.47. The van der Waals surface area contributed by atoms with Gasteiger partial charge in [0.25, 0.3) is 0 Å². The molecule has 3 nitrogen and oxygen atoms in total. The lowest BCUT2D eigenvalue weighted by molar-refractivity contribution is 0.101. The molecule has 76 valence electrons. The highest BCUT2D eigenvalue weighted by atomic mass is 35.5. The first-order valence-electron chi connectivity index (χ1n) is 3.75. The van der Waals surface area contributed by atoms with Crippen LogP contribution in [0.4, 0.5) is 4.39 Å². The third-order valence-corrected chi connectivity index (χ3v) is 2.08. The van der Waals surface area contributed by atoms with Crippen LogP contribution in [0.2, 0.25) is 5.02 Å². The molecule has 0 saturated carbocycles.